The number of nitrogens with one attached hydrogen (secondary N) is 1. The number of ether oxygens (including phenoxy) is 1. The first-order valence-corrected chi connectivity index (χ1v) is 8.66. The average molecular weight is 365 g/mol. The summed E-state index contributed by atoms with van der Waals surface area (Å²) >= 11 is 0. The molecule has 1 amide bonds. The van der Waals surface area contributed by atoms with Crippen LogP contribution < -0.4 is 10.1 Å². The van der Waals surface area contributed by atoms with E-state index in [9.17, 15) is 4.79 Å². The number of nitrogens with zero attached hydrogens (tertiary/aromatic N) is 4. The minimum Gasteiger partial charge on any atom is -0.497 e. The van der Waals surface area contributed by atoms with Crippen LogP contribution in [0.15, 0.2) is 61.2 Å². The molecule has 3 rings (SSSR count). The van der Waals surface area contributed by atoms with Crippen molar-refractivity contribution < 1.29 is 9.53 Å². The van der Waals surface area contributed by atoms with Crippen molar-refractivity contribution in [2.24, 2.45) is 0 Å². The van der Waals surface area contributed by atoms with Gasteiger partial charge in [-0.15, -0.1) is 0 Å². The molecule has 0 saturated carbocycles. The highest BCUT2D eigenvalue weighted by molar-refractivity contribution is 5.92. The summed E-state index contributed by atoms with van der Waals surface area (Å²) < 4.78 is 6.89. The Balaban J connectivity index is 1.59. The molecule has 7 heteroatoms. The van der Waals surface area contributed by atoms with Crippen molar-refractivity contribution in [2.75, 3.05) is 26.0 Å². The Bertz CT molecular complexity index is 878. The molecule has 3 aromatic rings. The second kappa shape index (κ2) is 8.46. The van der Waals surface area contributed by atoms with Crippen LogP contribution in [0.1, 0.15) is 18.5 Å². The van der Waals surface area contributed by atoms with Gasteiger partial charge in [-0.2, -0.15) is 5.10 Å². The van der Waals surface area contributed by atoms with Crippen LogP contribution in [0.3, 0.4) is 0 Å². The number of methoxy groups -OCH3 is 1. The second-order valence-corrected chi connectivity index (χ2v) is 6.30. The molecule has 2 aromatic carbocycles. The largest absolute Gasteiger partial charge is 0.497 e. The second-order valence-electron chi connectivity index (χ2n) is 6.30. The van der Waals surface area contributed by atoms with Gasteiger partial charge in [0.25, 0.3) is 0 Å². The zero-order valence-corrected chi connectivity index (χ0v) is 15.7. The van der Waals surface area contributed by atoms with E-state index >= 15 is 0 Å². The highest BCUT2D eigenvalue weighted by Gasteiger charge is 2.15. The van der Waals surface area contributed by atoms with Crippen molar-refractivity contribution in [3.8, 4) is 11.4 Å². The Morgan fingerprint density at radius 3 is 2.70 bits per heavy atom. The van der Waals surface area contributed by atoms with E-state index < -0.39 is 0 Å². The summed E-state index contributed by atoms with van der Waals surface area (Å²) in [4.78, 5) is 18.3. The number of benzene rings is 2. The van der Waals surface area contributed by atoms with Gasteiger partial charge in [0.05, 0.1) is 19.3 Å². The monoisotopic (exact) mass is 365 g/mol. The summed E-state index contributed by atoms with van der Waals surface area (Å²) in [6.45, 7) is 2.35. The highest BCUT2D eigenvalue weighted by atomic mass is 16.5. The Morgan fingerprint density at radius 2 is 2.04 bits per heavy atom. The minimum absolute atomic E-state index is 0.0724. The van der Waals surface area contributed by atoms with Crippen LogP contribution in [-0.2, 0) is 4.79 Å². The molecule has 0 bridgehead atoms. The molecular formula is C20H23N5O2. The maximum absolute atomic E-state index is 12.4. The Labute approximate surface area is 158 Å². The Kier molecular flexibility index (Phi) is 5.83. The molecule has 1 atom stereocenters. The quantitative estimate of drug-likeness (QED) is 0.697. The summed E-state index contributed by atoms with van der Waals surface area (Å²) in [5.74, 6) is 0.638. The number of carbonyl (C=O) groups excluding carboxylic acids is 1. The topological polar surface area (TPSA) is 72.3 Å². The third-order valence-corrected chi connectivity index (χ3v) is 4.47. The predicted octanol–water partition coefficient (Wildman–Crippen LogP) is 2.91. The molecule has 1 N–H and O–H groups in total. The number of carbonyl (C=O) groups is 1. The fourth-order valence-corrected chi connectivity index (χ4v) is 2.77. The summed E-state index contributed by atoms with van der Waals surface area (Å²) in [6.07, 6.45) is 3.17. The van der Waals surface area contributed by atoms with Crippen LogP contribution in [-0.4, -0.2) is 46.3 Å². The lowest BCUT2D eigenvalue weighted by atomic mass is 10.1. The summed E-state index contributed by atoms with van der Waals surface area (Å²) in [5, 5.41) is 7.02. The molecule has 27 heavy (non-hydrogen) atoms. The molecule has 0 aliphatic heterocycles. The molecule has 0 radical (unpaired) electrons. The number of likely N-dealkylation sites (N-methyl/N-ethyl adjacent to an activating group) is 1. The molecule has 0 spiro atoms. The van der Waals surface area contributed by atoms with Gasteiger partial charge in [0.1, 0.15) is 18.4 Å². The summed E-state index contributed by atoms with van der Waals surface area (Å²) in [7, 11) is 3.53. The lowest BCUT2D eigenvalue weighted by Crippen LogP contribution is -2.32. The highest BCUT2D eigenvalue weighted by Crippen LogP contribution is 2.21. The first-order valence-electron chi connectivity index (χ1n) is 8.66. The van der Waals surface area contributed by atoms with Gasteiger partial charge in [-0.25, -0.2) is 9.67 Å². The van der Waals surface area contributed by atoms with Crippen LogP contribution in [0.5, 0.6) is 5.75 Å². The molecule has 1 heterocycles. The van der Waals surface area contributed by atoms with E-state index in [2.05, 4.69) is 22.3 Å². The standard InChI is InChI=1S/C20H23N5O2/c1-15(16-7-9-18(10-8-16)25-14-21-13-22-25)24(2)12-20(26)23-17-5-4-6-19(11-17)27-3/h4-11,13-15H,12H2,1-3H3,(H,23,26)/t15-/m0/s1. The lowest BCUT2D eigenvalue weighted by molar-refractivity contribution is -0.117. The molecule has 140 valence electrons. The summed E-state index contributed by atoms with van der Waals surface area (Å²) in [6, 6.07) is 15.5. The molecule has 0 unspecified atom stereocenters. The van der Waals surface area contributed by atoms with Crippen molar-refractivity contribution in [3.05, 3.63) is 66.7 Å². The maximum Gasteiger partial charge on any atom is 0.238 e. The number of aromatic nitrogens is 3. The zero-order valence-electron chi connectivity index (χ0n) is 15.7. The van der Waals surface area contributed by atoms with Crippen molar-refractivity contribution >= 4 is 11.6 Å². The van der Waals surface area contributed by atoms with E-state index in [4.69, 9.17) is 4.74 Å². The van der Waals surface area contributed by atoms with E-state index in [0.717, 1.165) is 16.9 Å². The van der Waals surface area contributed by atoms with Crippen LogP contribution in [0.2, 0.25) is 0 Å². The van der Waals surface area contributed by atoms with Crippen LogP contribution in [0.25, 0.3) is 5.69 Å². The lowest BCUT2D eigenvalue weighted by Gasteiger charge is -2.24. The molecule has 0 fully saturated rings. The van der Waals surface area contributed by atoms with E-state index in [1.165, 1.54) is 6.33 Å². The van der Waals surface area contributed by atoms with Crippen molar-refractivity contribution in [2.45, 2.75) is 13.0 Å². The molecule has 7 nitrogen and oxygen atoms in total. The molecule has 0 aliphatic carbocycles. The van der Waals surface area contributed by atoms with Gasteiger partial charge in [0.2, 0.25) is 5.91 Å². The maximum atomic E-state index is 12.4. The SMILES string of the molecule is COc1cccc(NC(=O)CN(C)[C@@H](C)c2ccc(-n3cncn3)cc2)c1. The number of rotatable bonds is 7. The molecule has 0 aliphatic rings. The van der Waals surface area contributed by atoms with Gasteiger partial charge < -0.3 is 10.1 Å². The predicted molar refractivity (Wildman–Crippen MR) is 104 cm³/mol. The fraction of sp³-hybridized carbons (Fsp3) is 0.250. The van der Waals surface area contributed by atoms with Gasteiger partial charge in [0.15, 0.2) is 0 Å². The third-order valence-electron chi connectivity index (χ3n) is 4.47. The van der Waals surface area contributed by atoms with Gasteiger partial charge >= 0.3 is 0 Å². The van der Waals surface area contributed by atoms with Crippen molar-refractivity contribution in [1.82, 2.24) is 19.7 Å². The van der Waals surface area contributed by atoms with E-state index in [-0.39, 0.29) is 18.5 Å². The number of hydrogen-bond donors (Lipinski definition) is 1. The van der Waals surface area contributed by atoms with E-state index in [0.29, 0.717) is 5.75 Å². The van der Waals surface area contributed by atoms with Crippen LogP contribution in [0.4, 0.5) is 5.69 Å². The van der Waals surface area contributed by atoms with Crippen LogP contribution in [0, 0.1) is 0 Å². The van der Waals surface area contributed by atoms with Crippen molar-refractivity contribution in [3.63, 3.8) is 0 Å². The molecular weight excluding hydrogens is 342 g/mol. The third kappa shape index (κ3) is 4.71. The number of anilines is 1. The van der Waals surface area contributed by atoms with Gasteiger partial charge in [-0.3, -0.25) is 9.69 Å². The number of amides is 1. The smallest absolute Gasteiger partial charge is 0.238 e. The first kappa shape index (κ1) is 18.6. The Hall–Kier alpha value is -3.19. The van der Waals surface area contributed by atoms with Gasteiger partial charge in [-0.1, -0.05) is 18.2 Å². The van der Waals surface area contributed by atoms with E-state index in [1.54, 1.807) is 24.2 Å². The normalized spacial score (nSPS) is 12.0. The Morgan fingerprint density at radius 1 is 1.26 bits per heavy atom. The van der Waals surface area contributed by atoms with Gasteiger partial charge in [-0.05, 0) is 43.8 Å². The minimum atomic E-state index is -0.0724. The van der Waals surface area contributed by atoms with Gasteiger partial charge in [0, 0.05) is 17.8 Å². The first-order chi connectivity index (χ1) is 13.1. The molecule has 1 aromatic heterocycles. The molecule has 0 saturated heterocycles. The fourth-order valence-electron chi connectivity index (χ4n) is 2.77. The van der Waals surface area contributed by atoms with Crippen molar-refractivity contribution in [1.29, 1.82) is 0 Å². The van der Waals surface area contributed by atoms with Crippen LogP contribution >= 0.6 is 0 Å². The van der Waals surface area contributed by atoms with E-state index in [1.807, 2.05) is 54.4 Å². The summed E-state index contributed by atoms with van der Waals surface area (Å²) in [5.41, 5.74) is 2.79. The average Bonchev–Trinajstić information content (AvgIpc) is 3.22. The number of hydrogen-bond acceptors (Lipinski definition) is 5. The zero-order chi connectivity index (χ0) is 19.2.